The van der Waals surface area contributed by atoms with Gasteiger partial charge < -0.3 is 10.2 Å². The van der Waals surface area contributed by atoms with Gasteiger partial charge in [-0.05, 0) is 36.8 Å². The predicted octanol–water partition coefficient (Wildman–Crippen LogP) is 3.56. The van der Waals surface area contributed by atoms with Crippen LogP contribution in [-0.4, -0.2) is 36.5 Å². The van der Waals surface area contributed by atoms with E-state index in [0.29, 0.717) is 12.1 Å². The molecule has 0 saturated heterocycles. The minimum Gasteiger partial charge on any atom is -0.343 e. The fraction of sp³-hybridized carbons (Fsp3) is 0.263. The van der Waals surface area contributed by atoms with E-state index in [-0.39, 0.29) is 11.5 Å². The molecule has 2 aromatic rings. The Balaban J connectivity index is 1.96. The lowest BCUT2D eigenvalue weighted by molar-refractivity contribution is -0.123. The fourth-order valence-electron chi connectivity index (χ4n) is 2.31. The molecule has 0 aliphatic rings. The SMILES string of the molecule is Cc1ccc(C(=O)N(C)Cc2ccc(C(=O)NCC(F)(F)F)cc2)cc1. The summed E-state index contributed by atoms with van der Waals surface area (Å²) in [6.45, 7) is 0.878. The Bertz CT molecular complexity index is 769. The van der Waals surface area contributed by atoms with E-state index in [1.807, 2.05) is 24.4 Å². The van der Waals surface area contributed by atoms with E-state index in [1.165, 1.54) is 17.0 Å². The molecule has 7 heteroatoms. The smallest absolute Gasteiger partial charge is 0.343 e. The van der Waals surface area contributed by atoms with E-state index in [0.717, 1.165) is 11.1 Å². The number of nitrogens with one attached hydrogen (secondary N) is 1. The zero-order valence-corrected chi connectivity index (χ0v) is 14.4. The van der Waals surface area contributed by atoms with Gasteiger partial charge in [0.15, 0.2) is 0 Å². The Morgan fingerprint density at radius 3 is 2.04 bits per heavy atom. The lowest BCUT2D eigenvalue weighted by Gasteiger charge is -2.17. The fourth-order valence-corrected chi connectivity index (χ4v) is 2.31. The molecule has 4 nitrogen and oxygen atoms in total. The average molecular weight is 364 g/mol. The number of carbonyl (C=O) groups is 2. The van der Waals surface area contributed by atoms with Crippen molar-refractivity contribution >= 4 is 11.8 Å². The van der Waals surface area contributed by atoms with Gasteiger partial charge in [-0.15, -0.1) is 0 Å². The summed E-state index contributed by atoms with van der Waals surface area (Å²) in [5.41, 5.74) is 2.52. The van der Waals surface area contributed by atoms with Crippen LogP contribution in [-0.2, 0) is 6.54 Å². The van der Waals surface area contributed by atoms with E-state index in [9.17, 15) is 22.8 Å². The zero-order valence-electron chi connectivity index (χ0n) is 14.4. The molecule has 0 aliphatic heterocycles. The Labute approximate surface area is 149 Å². The molecule has 2 rings (SSSR count). The van der Waals surface area contributed by atoms with Gasteiger partial charge in [0.25, 0.3) is 11.8 Å². The van der Waals surface area contributed by atoms with Crippen molar-refractivity contribution in [1.82, 2.24) is 10.2 Å². The lowest BCUT2D eigenvalue weighted by atomic mass is 10.1. The number of hydrogen-bond acceptors (Lipinski definition) is 2. The van der Waals surface area contributed by atoms with Crippen molar-refractivity contribution in [1.29, 1.82) is 0 Å². The molecule has 26 heavy (non-hydrogen) atoms. The molecular weight excluding hydrogens is 345 g/mol. The second-order valence-corrected chi connectivity index (χ2v) is 6.02. The quantitative estimate of drug-likeness (QED) is 0.882. The number of alkyl halides is 3. The lowest BCUT2D eigenvalue weighted by Crippen LogP contribution is -2.33. The minimum atomic E-state index is -4.45. The van der Waals surface area contributed by atoms with Crippen molar-refractivity contribution in [2.75, 3.05) is 13.6 Å². The second kappa shape index (κ2) is 8.03. The number of hydrogen-bond donors (Lipinski definition) is 1. The third-order valence-electron chi connectivity index (χ3n) is 3.73. The van der Waals surface area contributed by atoms with Crippen LogP contribution in [0.25, 0.3) is 0 Å². The number of carbonyl (C=O) groups excluding carboxylic acids is 2. The maximum absolute atomic E-state index is 12.4. The first kappa shape index (κ1) is 19.5. The van der Waals surface area contributed by atoms with Gasteiger partial charge in [0, 0.05) is 24.7 Å². The molecule has 0 atom stereocenters. The largest absolute Gasteiger partial charge is 0.405 e. The summed E-state index contributed by atoms with van der Waals surface area (Å²) in [6.07, 6.45) is -4.45. The summed E-state index contributed by atoms with van der Waals surface area (Å²) in [7, 11) is 1.66. The molecule has 0 bridgehead atoms. The highest BCUT2D eigenvalue weighted by Crippen LogP contribution is 2.14. The normalized spacial score (nSPS) is 11.1. The summed E-state index contributed by atoms with van der Waals surface area (Å²) in [5.74, 6) is -0.935. The predicted molar refractivity (Wildman–Crippen MR) is 91.8 cm³/mol. The Morgan fingerprint density at radius 1 is 0.962 bits per heavy atom. The van der Waals surface area contributed by atoms with Crippen LogP contribution in [0.1, 0.15) is 31.8 Å². The van der Waals surface area contributed by atoms with Crippen molar-refractivity contribution in [3.8, 4) is 0 Å². The van der Waals surface area contributed by atoms with Crippen molar-refractivity contribution in [3.63, 3.8) is 0 Å². The van der Waals surface area contributed by atoms with Gasteiger partial charge in [-0.25, -0.2) is 0 Å². The van der Waals surface area contributed by atoms with Gasteiger partial charge in [-0.2, -0.15) is 13.2 Å². The maximum atomic E-state index is 12.4. The molecule has 0 fully saturated rings. The van der Waals surface area contributed by atoms with Crippen molar-refractivity contribution in [3.05, 3.63) is 70.8 Å². The highest BCUT2D eigenvalue weighted by molar-refractivity contribution is 5.95. The standard InChI is InChI=1S/C19H19F3N2O2/c1-13-3-7-16(8-4-13)18(26)24(2)11-14-5-9-15(10-6-14)17(25)23-12-19(20,21)22/h3-10H,11-12H2,1-2H3,(H,23,25). The van der Waals surface area contributed by atoms with Crippen molar-refractivity contribution < 1.29 is 22.8 Å². The van der Waals surface area contributed by atoms with E-state index < -0.39 is 18.6 Å². The minimum absolute atomic E-state index is 0.130. The van der Waals surface area contributed by atoms with Gasteiger partial charge in [-0.1, -0.05) is 29.8 Å². The molecule has 0 saturated carbocycles. The first-order chi connectivity index (χ1) is 12.2. The monoisotopic (exact) mass is 364 g/mol. The molecule has 0 spiro atoms. The first-order valence-electron chi connectivity index (χ1n) is 7.92. The van der Waals surface area contributed by atoms with E-state index in [4.69, 9.17) is 0 Å². The number of aryl methyl sites for hydroxylation is 1. The van der Waals surface area contributed by atoms with Crippen LogP contribution in [0.15, 0.2) is 48.5 Å². The molecule has 138 valence electrons. The van der Waals surface area contributed by atoms with Gasteiger partial charge in [0.1, 0.15) is 6.54 Å². The molecule has 2 amide bonds. The zero-order chi connectivity index (χ0) is 19.3. The van der Waals surface area contributed by atoms with Crippen LogP contribution in [0.4, 0.5) is 13.2 Å². The van der Waals surface area contributed by atoms with Gasteiger partial charge in [0.2, 0.25) is 0 Å². The van der Waals surface area contributed by atoms with E-state index in [2.05, 4.69) is 0 Å². The second-order valence-electron chi connectivity index (χ2n) is 6.02. The third-order valence-corrected chi connectivity index (χ3v) is 3.73. The Hall–Kier alpha value is -2.83. The summed E-state index contributed by atoms with van der Waals surface area (Å²) in [4.78, 5) is 25.6. The van der Waals surface area contributed by atoms with Gasteiger partial charge in [-0.3, -0.25) is 9.59 Å². The van der Waals surface area contributed by atoms with E-state index >= 15 is 0 Å². The van der Waals surface area contributed by atoms with Crippen molar-refractivity contribution in [2.45, 2.75) is 19.6 Å². The molecule has 2 aromatic carbocycles. The number of rotatable bonds is 5. The van der Waals surface area contributed by atoms with Crippen LogP contribution >= 0.6 is 0 Å². The van der Waals surface area contributed by atoms with Crippen molar-refractivity contribution in [2.24, 2.45) is 0 Å². The summed E-state index contributed by atoms with van der Waals surface area (Å²) in [5, 5.41) is 1.81. The Morgan fingerprint density at radius 2 is 1.50 bits per heavy atom. The maximum Gasteiger partial charge on any atom is 0.405 e. The van der Waals surface area contributed by atoms with E-state index in [1.54, 1.807) is 31.3 Å². The molecular formula is C19H19F3N2O2. The molecule has 0 aliphatic carbocycles. The highest BCUT2D eigenvalue weighted by atomic mass is 19.4. The van der Waals surface area contributed by atoms with Gasteiger partial charge >= 0.3 is 6.18 Å². The highest BCUT2D eigenvalue weighted by Gasteiger charge is 2.27. The summed E-state index contributed by atoms with van der Waals surface area (Å²) < 4.78 is 36.4. The third kappa shape index (κ3) is 5.61. The van der Waals surface area contributed by atoms with Crippen LogP contribution in [0.2, 0.25) is 0 Å². The molecule has 1 N–H and O–H groups in total. The molecule has 0 heterocycles. The average Bonchev–Trinajstić information content (AvgIpc) is 2.59. The van der Waals surface area contributed by atoms with Gasteiger partial charge in [0.05, 0.1) is 0 Å². The topological polar surface area (TPSA) is 49.4 Å². The molecule has 0 radical (unpaired) electrons. The van der Waals surface area contributed by atoms with Crippen LogP contribution in [0, 0.1) is 6.92 Å². The van der Waals surface area contributed by atoms with Crippen LogP contribution in [0.3, 0.4) is 0 Å². The molecule has 0 aromatic heterocycles. The number of nitrogens with zero attached hydrogens (tertiary/aromatic N) is 1. The first-order valence-corrected chi connectivity index (χ1v) is 7.92. The number of amides is 2. The summed E-state index contributed by atoms with van der Waals surface area (Å²) >= 11 is 0. The summed E-state index contributed by atoms with van der Waals surface area (Å²) in [6, 6.07) is 13.3. The Kier molecular flexibility index (Phi) is 6.02. The number of halogens is 3. The van der Waals surface area contributed by atoms with Crippen LogP contribution in [0.5, 0.6) is 0 Å². The molecule has 0 unspecified atom stereocenters. The number of benzene rings is 2. The van der Waals surface area contributed by atoms with Crippen LogP contribution < -0.4 is 5.32 Å².